The molecule has 0 amide bonds. The van der Waals surface area contributed by atoms with Gasteiger partial charge in [0, 0.05) is 6.42 Å². The lowest BCUT2D eigenvalue weighted by atomic mass is 10.3. The summed E-state index contributed by atoms with van der Waals surface area (Å²) in [6.07, 6.45) is 6.49. The van der Waals surface area contributed by atoms with Gasteiger partial charge in [0.1, 0.15) is 5.82 Å². The molecule has 0 aliphatic heterocycles. The van der Waals surface area contributed by atoms with Crippen LogP contribution in [0, 0.1) is 5.92 Å². The van der Waals surface area contributed by atoms with E-state index in [2.05, 4.69) is 9.97 Å². The summed E-state index contributed by atoms with van der Waals surface area (Å²) in [5.74, 6) is 1.80. The Hall–Kier alpha value is -1.12. The molecule has 1 aliphatic rings. The highest BCUT2D eigenvalue weighted by Gasteiger charge is 2.22. The fourth-order valence-corrected chi connectivity index (χ4v) is 1.03. The molecule has 0 saturated heterocycles. The summed E-state index contributed by atoms with van der Waals surface area (Å²) in [4.78, 5) is 7.99. The smallest absolute Gasteiger partial charge is 0.152 e. The summed E-state index contributed by atoms with van der Waals surface area (Å²) >= 11 is 0. The minimum absolute atomic E-state index is 0.143. The molecule has 1 heterocycles. The first-order chi connectivity index (χ1) is 5.34. The normalized spacial score (nSPS) is 16.7. The van der Waals surface area contributed by atoms with E-state index in [9.17, 15) is 0 Å². The van der Waals surface area contributed by atoms with Crippen molar-refractivity contribution in [2.45, 2.75) is 19.3 Å². The second-order valence-electron chi connectivity index (χ2n) is 3.00. The highest BCUT2D eigenvalue weighted by Crippen LogP contribution is 2.31. The van der Waals surface area contributed by atoms with Crippen LogP contribution in [0.4, 0.5) is 0 Å². The van der Waals surface area contributed by atoms with Gasteiger partial charge in [-0.3, -0.25) is 0 Å². The Bertz CT molecular complexity index is 241. The van der Waals surface area contributed by atoms with E-state index in [0.29, 0.717) is 0 Å². The summed E-state index contributed by atoms with van der Waals surface area (Å²) in [5, 5.41) is 8.88. The molecule has 0 spiro atoms. The van der Waals surface area contributed by atoms with Crippen molar-refractivity contribution in [2.75, 3.05) is 0 Å². The van der Waals surface area contributed by atoms with Crippen molar-refractivity contribution in [2.24, 2.45) is 5.92 Å². The second-order valence-corrected chi connectivity index (χ2v) is 3.00. The summed E-state index contributed by atoms with van der Waals surface area (Å²) < 4.78 is 0. The van der Waals surface area contributed by atoms with Crippen LogP contribution in [0.25, 0.3) is 0 Å². The molecule has 1 saturated carbocycles. The first-order valence-corrected chi connectivity index (χ1v) is 3.84. The van der Waals surface area contributed by atoms with E-state index in [-0.39, 0.29) is 5.75 Å². The fraction of sp³-hybridized carbons (Fsp3) is 0.500. The average molecular weight is 150 g/mol. The summed E-state index contributed by atoms with van der Waals surface area (Å²) in [5.41, 5.74) is 0. The van der Waals surface area contributed by atoms with Gasteiger partial charge in [0.25, 0.3) is 0 Å². The molecule has 3 heteroatoms. The van der Waals surface area contributed by atoms with Crippen LogP contribution in [-0.2, 0) is 6.42 Å². The molecule has 0 radical (unpaired) electrons. The van der Waals surface area contributed by atoms with E-state index in [1.165, 1.54) is 25.2 Å². The van der Waals surface area contributed by atoms with Crippen molar-refractivity contribution in [1.82, 2.24) is 9.97 Å². The number of rotatable bonds is 2. The Morgan fingerprint density at radius 3 is 2.55 bits per heavy atom. The number of nitrogens with zero attached hydrogens (tertiary/aromatic N) is 2. The molecule has 11 heavy (non-hydrogen) atoms. The number of hydrogen-bond acceptors (Lipinski definition) is 3. The first-order valence-electron chi connectivity index (χ1n) is 3.84. The van der Waals surface area contributed by atoms with Crippen LogP contribution in [0.3, 0.4) is 0 Å². The minimum atomic E-state index is 0.143. The van der Waals surface area contributed by atoms with E-state index in [1.54, 1.807) is 0 Å². The molecule has 1 aliphatic carbocycles. The zero-order valence-corrected chi connectivity index (χ0v) is 6.20. The van der Waals surface area contributed by atoms with Crippen molar-refractivity contribution < 1.29 is 5.11 Å². The maximum absolute atomic E-state index is 8.88. The standard InChI is InChI=1S/C8H10N2O/c11-7-4-9-8(10-5-7)3-6-1-2-6/h4-6,11H,1-3H2. The van der Waals surface area contributed by atoms with Gasteiger partial charge in [-0.1, -0.05) is 0 Å². The highest BCUT2D eigenvalue weighted by atomic mass is 16.3. The molecule has 0 bridgehead atoms. The third kappa shape index (κ3) is 1.67. The predicted octanol–water partition coefficient (Wildman–Crippen LogP) is 1.13. The molecule has 0 aromatic carbocycles. The molecule has 1 aromatic rings. The molecule has 0 atom stereocenters. The second kappa shape index (κ2) is 2.49. The van der Waals surface area contributed by atoms with Gasteiger partial charge in [-0.15, -0.1) is 0 Å². The van der Waals surface area contributed by atoms with Gasteiger partial charge in [-0.25, -0.2) is 9.97 Å². The van der Waals surface area contributed by atoms with Crippen molar-refractivity contribution in [3.05, 3.63) is 18.2 Å². The van der Waals surface area contributed by atoms with Crippen LogP contribution in [0.2, 0.25) is 0 Å². The van der Waals surface area contributed by atoms with Crippen LogP contribution < -0.4 is 0 Å². The topological polar surface area (TPSA) is 46.0 Å². The fourth-order valence-electron chi connectivity index (χ4n) is 1.03. The lowest BCUT2D eigenvalue weighted by Crippen LogP contribution is -1.94. The van der Waals surface area contributed by atoms with E-state index in [0.717, 1.165) is 18.2 Å². The van der Waals surface area contributed by atoms with Crippen LogP contribution >= 0.6 is 0 Å². The average Bonchev–Trinajstić information content (AvgIpc) is 2.78. The monoisotopic (exact) mass is 150 g/mol. The maximum atomic E-state index is 8.88. The Balaban J connectivity index is 2.06. The van der Waals surface area contributed by atoms with Gasteiger partial charge in [-0.2, -0.15) is 0 Å². The lowest BCUT2D eigenvalue weighted by Gasteiger charge is -1.95. The molecule has 0 unspecified atom stereocenters. The maximum Gasteiger partial charge on any atom is 0.152 e. The molecule has 1 N–H and O–H groups in total. The first kappa shape index (κ1) is 6.58. The zero-order chi connectivity index (χ0) is 7.68. The van der Waals surface area contributed by atoms with Gasteiger partial charge in [0.2, 0.25) is 0 Å². The van der Waals surface area contributed by atoms with E-state index >= 15 is 0 Å². The Kier molecular flexibility index (Phi) is 1.49. The predicted molar refractivity (Wildman–Crippen MR) is 40.1 cm³/mol. The van der Waals surface area contributed by atoms with Gasteiger partial charge in [0.05, 0.1) is 12.4 Å². The molecule has 1 fully saturated rings. The zero-order valence-electron chi connectivity index (χ0n) is 6.20. The Morgan fingerprint density at radius 1 is 1.36 bits per heavy atom. The van der Waals surface area contributed by atoms with E-state index < -0.39 is 0 Å². The number of aromatic nitrogens is 2. The number of hydrogen-bond donors (Lipinski definition) is 1. The third-order valence-electron chi connectivity index (χ3n) is 1.86. The molecular formula is C8H10N2O. The van der Waals surface area contributed by atoms with Gasteiger partial charge in [-0.05, 0) is 18.8 Å². The molecule has 2 rings (SSSR count). The molecule has 3 nitrogen and oxygen atoms in total. The summed E-state index contributed by atoms with van der Waals surface area (Å²) in [7, 11) is 0. The highest BCUT2D eigenvalue weighted by molar-refractivity contribution is 5.10. The largest absolute Gasteiger partial charge is 0.505 e. The van der Waals surface area contributed by atoms with Crippen LogP contribution in [0.5, 0.6) is 5.75 Å². The molecule has 58 valence electrons. The van der Waals surface area contributed by atoms with Gasteiger partial charge in [0.15, 0.2) is 5.75 Å². The van der Waals surface area contributed by atoms with Crippen molar-refractivity contribution in [1.29, 1.82) is 0 Å². The Morgan fingerprint density at radius 2 is 2.00 bits per heavy atom. The Labute approximate surface area is 65.1 Å². The molecular weight excluding hydrogens is 140 g/mol. The van der Waals surface area contributed by atoms with Crippen LogP contribution in [-0.4, -0.2) is 15.1 Å². The van der Waals surface area contributed by atoms with Gasteiger partial charge >= 0.3 is 0 Å². The van der Waals surface area contributed by atoms with E-state index in [4.69, 9.17) is 5.11 Å². The summed E-state index contributed by atoms with van der Waals surface area (Å²) in [6, 6.07) is 0. The number of aromatic hydroxyl groups is 1. The SMILES string of the molecule is Oc1cnc(CC2CC2)nc1. The van der Waals surface area contributed by atoms with Crippen molar-refractivity contribution in [3.8, 4) is 5.75 Å². The van der Waals surface area contributed by atoms with Crippen LogP contribution in [0.15, 0.2) is 12.4 Å². The van der Waals surface area contributed by atoms with Crippen molar-refractivity contribution in [3.63, 3.8) is 0 Å². The lowest BCUT2D eigenvalue weighted by molar-refractivity contribution is 0.468. The van der Waals surface area contributed by atoms with Crippen LogP contribution in [0.1, 0.15) is 18.7 Å². The third-order valence-corrected chi connectivity index (χ3v) is 1.86. The minimum Gasteiger partial charge on any atom is -0.505 e. The molecule has 1 aromatic heterocycles. The quantitative estimate of drug-likeness (QED) is 0.687. The van der Waals surface area contributed by atoms with E-state index in [1.807, 2.05) is 0 Å². The summed E-state index contributed by atoms with van der Waals surface area (Å²) in [6.45, 7) is 0. The van der Waals surface area contributed by atoms with Gasteiger partial charge < -0.3 is 5.11 Å². The van der Waals surface area contributed by atoms with Crippen molar-refractivity contribution >= 4 is 0 Å².